The molecule has 0 saturated carbocycles. The van der Waals surface area contributed by atoms with Crippen LogP contribution in [-0.2, 0) is 16.0 Å². The Kier molecular flexibility index (Phi) is 7.91. The van der Waals surface area contributed by atoms with E-state index in [-0.39, 0.29) is 36.2 Å². The van der Waals surface area contributed by atoms with Crippen molar-refractivity contribution in [1.82, 2.24) is 10.2 Å². The van der Waals surface area contributed by atoms with Crippen molar-refractivity contribution >= 4 is 24.2 Å². The lowest BCUT2D eigenvalue weighted by molar-refractivity contribution is -0.137. The maximum atomic E-state index is 13.3. The zero-order chi connectivity index (χ0) is 17.6. The number of carbonyl (C=O) groups is 2. The van der Waals surface area contributed by atoms with Gasteiger partial charge in [0, 0.05) is 32.1 Å². The summed E-state index contributed by atoms with van der Waals surface area (Å²) < 4.78 is 0. The first-order chi connectivity index (χ1) is 12.2. The Morgan fingerprint density at radius 2 is 1.96 bits per heavy atom. The standard InChI is InChI=1S/C20H29N3O2.ClH/c21-12-11-19(24)22-14-16-8-3-4-13-23(16)20(25)18-10-5-7-15-6-1-2-9-17(15)18;/h1-2,6,9,16,18H,3-5,7-8,10-14,21H2,(H,22,24);1H. The Bertz CT molecular complexity index is 623. The molecule has 0 radical (unpaired) electrons. The van der Waals surface area contributed by atoms with Crippen molar-refractivity contribution < 1.29 is 9.59 Å². The number of hydrogen-bond donors (Lipinski definition) is 2. The van der Waals surface area contributed by atoms with Crippen LogP contribution in [0.1, 0.15) is 55.6 Å². The van der Waals surface area contributed by atoms with Gasteiger partial charge in [-0.2, -0.15) is 0 Å². The molecule has 2 amide bonds. The number of hydrogen-bond acceptors (Lipinski definition) is 3. The largest absolute Gasteiger partial charge is 0.354 e. The molecule has 1 fully saturated rings. The zero-order valence-electron chi connectivity index (χ0n) is 15.3. The van der Waals surface area contributed by atoms with Crippen molar-refractivity contribution in [2.75, 3.05) is 19.6 Å². The van der Waals surface area contributed by atoms with Crippen LogP contribution >= 0.6 is 12.4 Å². The molecule has 2 aliphatic rings. The van der Waals surface area contributed by atoms with Gasteiger partial charge in [0.25, 0.3) is 0 Å². The van der Waals surface area contributed by atoms with E-state index in [0.717, 1.165) is 45.1 Å². The maximum Gasteiger partial charge on any atom is 0.230 e. The second-order valence-electron chi connectivity index (χ2n) is 7.17. The van der Waals surface area contributed by atoms with Crippen molar-refractivity contribution in [2.24, 2.45) is 5.73 Å². The Hall–Kier alpha value is -1.59. The van der Waals surface area contributed by atoms with E-state index in [0.29, 0.717) is 19.5 Å². The number of benzene rings is 1. The summed E-state index contributed by atoms with van der Waals surface area (Å²) in [6, 6.07) is 8.46. The summed E-state index contributed by atoms with van der Waals surface area (Å²) in [7, 11) is 0. The molecule has 26 heavy (non-hydrogen) atoms. The van der Waals surface area contributed by atoms with E-state index in [1.165, 1.54) is 11.1 Å². The Labute approximate surface area is 162 Å². The van der Waals surface area contributed by atoms with Gasteiger partial charge in [0.15, 0.2) is 0 Å². The number of nitrogens with zero attached hydrogens (tertiary/aromatic N) is 1. The first-order valence-electron chi connectivity index (χ1n) is 9.55. The smallest absolute Gasteiger partial charge is 0.230 e. The Morgan fingerprint density at radius 3 is 2.77 bits per heavy atom. The molecule has 1 aromatic rings. The first-order valence-corrected chi connectivity index (χ1v) is 9.55. The number of halogens is 1. The van der Waals surface area contributed by atoms with Crippen molar-refractivity contribution in [3.8, 4) is 0 Å². The summed E-state index contributed by atoms with van der Waals surface area (Å²) in [4.78, 5) is 27.0. The van der Waals surface area contributed by atoms with Gasteiger partial charge in [-0.15, -0.1) is 12.4 Å². The number of carbonyl (C=O) groups excluding carboxylic acids is 2. The van der Waals surface area contributed by atoms with E-state index in [4.69, 9.17) is 5.73 Å². The number of likely N-dealkylation sites (tertiary alicyclic amines) is 1. The molecule has 1 aliphatic heterocycles. The molecule has 0 spiro atoms. The third kappa shape index (κ3) is 4.77. The van der Waals surface area contributed by atoms with Crippen LogP contribution in [0.5, 0.6) is 0 Å². The molecule has 6 heteroatoms. The van der Waals surface area contributed by atoms with Gasteiger partial charge in [0.05, 0.1) is 5.92 Å². The predicted molar refractivity (Wildman–Crippen MR) is 105 cm³/mol. The van der Waals surface area contributed by atoms with E-state index in [2.05, 4.69) is 23.5 Å². The molecule has 1 saturated heterocycles. The average molecular weight is 380 g/mol. The third-order valence-electron chi connectivity index (χ3n) is 5.48. The van der Waals surface area contributed by atoms with Crippen LogP contribution in [0.15, 0.2) is 24.3 Å². The molecule has 5 nitrogen and oxygen atoms in total. The van der Waals surface area contributed by atoms with Crippen LogP contribution in [0.4, 0.5) is 0 Å². The van der Waals surface area contributed by atoms with Crippen LogP contribution in [0.25, 0.3) is 0 Å². The second-order valence-corrected chi connectivity index (χ2v) is 7.17. The van der Waals surface area contributed by atoms with E-state index in [9.17, 15) is 9.59 Å². The second kappa shape index (κ2) is 9.93. The number of amides is 2. The van der Waals surface area contributed by atoms with Crippen molar-refractivity contribution in [3.63, 3.8) is 0 Å². The summed E-state index contributed by atoms with van der Waals surface area (Å²) in [6.07, 6.45) is 6.53. The summed E-state index contributed by atoms with van der Waals surface area (Å²) >= 11 is 0. The van der Waals surface area contributed by atoms with Crippen LogP contribution < -0.4 is 11.1 Å². The highest BCUT2D eigenvalue weighted by atomic mass is 35.5. The number of rotatable bonds is 5. The fourth-order valence-electron chi connectivity index (χ4n) is 4.16. The number of aryl methyl sites for hydroxylation is 1. The molecule has 3 rings (SSSR count). The minimum atomic E-state index is -0.0246. The van der Waals surface area contributed by atoms with Gasteiger partial charge in [0.2, 0.25) is 11.8 Å². The fraction of sp³-hybridized carbons (Fsp3) is 0.600. The lowest BCUT2D eigenvalue weighted by Crippen LogP contribution is -2.51. The van der Waals surface area contributed by atoms with Crippen LogP contribution in [0.2, 0.25) is 0 Å². The molecule has 1 heterocycles. The third-order valence-corrected chi connectivity index (χ3v) is 5.48. The highest BCUT2D eigenvalue weighted by molar-refractivity contribution is 5.85. The normalized spacial score (nSPS) is 22.1. The van der Waals surface area contributed by atoms with Gasteiger partial charge >= 0.3 is 0 Å². The van der Waals surface area contributed by atoms with Gasteiger partial charge in [-0.25, -0.2) is 0 Å². The van der Waals surface area contributed by atoms with E-state index < -0.39 is 0 Å². The molecular weight excluding hydrogens is 350 g/mol. The molecule has 3 N–H and O–H groups in total. The van der Waals surface area contributed by atoms with Gasteiger partial charge in [-0.1, -0.05) is 24.3 Å². The van der Waals surface area contributed by atoms with Crippen molar-refractivity contribution in [3.05, 3.63) is 35.4 Å². The highest BCUT2D eigenvalue weighted by Crippen LogP contribution is 2.34. The summed E-state index contributed by atoms with van der Waals surface area (Å²) in [5.41, 5.74) is 7.95. The Morgan fingerprint density at radius 1 is 1.15 bits per heavy atom. The van der Waals surface area contributed by atoms with Crippen molar-refractivity contribution in [2.45, 2.75) is 56.9 Å². The SMILES string of the molecule is Cl.NCCC(=O)NCC1CCCCN1C(=O)C1CCCc2ccccc21. The van der Waals surface area contributed by atoms with Crippen molar-refractivity contribution in [1.29, 1.82) is 0 Å². The van der Waals surface area contributed by atoms with E-state index >= 15 is 0 Å². The number of nitrogens with one attached hydrogen (secondary N) is 1. The van der Waals surface area contributed by atoms with Gasteiger partial charge in [-0.3, -0.25) is 9.59 Å². The fourth-order valence-corrected chi connectivity index (χ4v) is 4.16. The number of fused-ring (bicyclic) bond motifs is 1. The predicted octanol–water partition coefficient (Wildman–Crippen LogP) is 2.37. The highest BCUT2D eigenvalue weighted by Gasteiger charge is 2.34. The minimum Gasteiger partial charge on any atom is -0.354 e. The van der Waals surface area contributed by atoms with E-state index in [1.807, 2.05) is 11.0 Å². The van der Waals surface area contributed by atoms with Gasteiger partial charge < -0.3 is 16.0 Å². The molecule has 2 atom stereocenters. The minimum absolute atomic E-state index is 0. The average Bonchev–Trinajstić information content (AvgIpc) is 2.66. The molecule has 2 unspecified atom stereocenters. The zero-order valence-corrected chi connectivity index (χ0v) is 16.1. The van der Waals surface area contributed by atoms with Crippen LogP contribution in [-0.4, -0.2) is 42.4 Å². The molecule has 1 aliphatic carbocycles. The molecule has 0 aromatic heterocycles. The first kappa shape index (κ1) is 20.7. The summed E-state index contributed by atoms with van der Waals surface area (Å²) in [6.45, 7) is 1.70. The quantitative estimate of drug-likeness (QED) is 0.824. The molecule has 0 bridgehead atoms. The molecule has 144 valence electrons. The Balaban J connectivity index is 0.00000243. The van der Waals surface area contributed by atoms with Gasteiger partial charge in [-0.05, 0) is 49.7 Å². The van der Waals surface area contributed by atoms with Gasteiger partial charge in [0.1, 0.15) is 0 Å². The van der Waals surface area contributed by atoms with E-state index in [1.54, 1.807) is 0 Å². The lowest BCUT2D eigenvalue weighted by Gasteiger charge is -2.39. The topological polar surface area (TPSA) is 75.4 Å². The van der Waals surface area contributed by atoms with Crippen LogP contribution in [0.3, 0.4) is 0 Å². The summed E-state index contributed by atoms with van der Waals surface area (Å²) in [5.74, 6) is 0.193. The summed E-state index contributed by atoms with van der Waals surface area (Å²) in [5, 5.41) is 2.95. The number of nitrogens with two attached hydrogens (primary N) is 1. The molecule has 1 aromatic carbocycles. The maximum absolute atomic E-state index is 13.3. The molecular formula is C20H30ClN3O2. The number of piperidine rings is 1. The van der Waals surface area contributed by atoms with Crippen LogP contribution in [0, 0.1) is 0 Å². The lowest BCUT2D eigenvalue weighted by atomic mass is 9.81. The monoisotopic (exact) mass is 379 g/mol.